The standard InChI is InChI=1S/C29H26ClF4N3O5/c1-4-41-26(38)14-42-25-8-7-21(32)20(27(25)30)13-37-24-9-16(5-6-18(24)15(2)36(3)29(37)40)28(39)35-12-19-22(33)10-17(31)11-23(19)34/h5-11,15H,4,12-14H2,1-3H3,(H,35,39)/t15-/m0/s1. The van der Waals surface area contributed by atoms with Crippen molar-refractivity contribution in [1.82, 2.24) is 10.2 Å². The molecule has 1 aliphatic heterocycles. The van der Waals surface area contributed by atoms with Gasteiger partial charge in [-0.1, -0.05) is 17.7 Å². The second kappa shape index (κ2) is 12.7. The fourth-order valence-electron chi connectivity index (χ4n) is 4.43. The van der Waals surface area contributed by atoms with Crippen molar-refractivity contribution in [3.8, 4) is 5.75 Å². The topological polar surface area (TPSA) is 88.2 Å². The number of esters is 1. The molecule has 3 aromatic rings. The molecule has 0 saturated heterocycles. The van der Waals surface area contributed by atoms with Crippen LogP contribution in [0, 0.1) is 23.3 Å². The molecule has 4 rings (SSSR count). The number of carbonyl (C=O) groups is 3. The first-order valence-electron chi connectivity index (χ1n) is 12.8. The number of anilines is 1. The summed E-state index contributed by atoms with van der Waals surface area (Å²) in [5.41, 5.74) is 0.341. The maximum absolute atomic E-state index is 15.0. The van der Waals surface area contributed by atoms with E-state index in [1.54, 1.807) is 27.0 Å². The largest absolute Gasteiger partial charge is 0.480 e. The number of halogens is 5. The first kappa shape index (κ1) is 30.6. The summed E-state index contributed by atoms with van der Waals surface area (Å²) in [4.78, 5) is 40.7. The number of hydrogen-bond donors (Lipinski definition) is 1. The Bertz CT molecular complexity index is 1530. The van der Waals surface area contributed by atoms with E-state index in [0.29, 0.717) is 17.7 Å². The first-order chi connectivity index (χ1) is 19.9. The van der Waals surface area contributed by atoms with E-state index >= 15 is 4.39 Å². The summed E-state index contributed by atoms with van der Waals surface area (Å²) in [7, 11) is 1.56. The second-order valence-electron chi connectivity index (χ2n) is 9.39. The molecule has 13 heteroatoms. The van der Waals surface area contributed by atoms with Gasteiger partial charge in [0.25, 0.3) is 5.91 Å². The SMILES string of the molecule is CCOC(=O)COc1ccc(F)c(CN2C(=O)N(C)[C@@H](C)c3ccc(C(=O)NCc4c(F)cc(F)cc4F)cc32)c1Cl. The van der Waals surface area contributed by atoms with E-state index in [9.17, 15) is 27.6 Å². The third-order valence-electron chi connectivity index (χ3n) is 6.80. The van der Waals surface area contributed by atoms with Crippen LogP contribution in [0.5, 0.6) is 5.75 Å². The lowest BCUT2D eigenvalue weighted by atomic mass is 9.98. The van der Waals surface area contributed by atoms with Gasteiger partial charge in [-0.2, -0.15) is 0 Å². The van der Waals surface area contributed by atoms with Gasteiger partial charge in [-0.3, -0.25) is 9.69 Å². The first-order valence-corrected chi connectivity index (χ1v) is 13.2. The van der Waals surface area contributed by atoms with Crippen LogP contribution in [0.4, 0.5) is 28.0 Å². The van der Waals surface area contributed by atoms with E-state index in [1.165, 1.54) is 28.0 Å². The van der Waals surface area contributed by atoms with E-state index in [0.717, 1.165) is 6.07 Å². The normalized spacial score (nSPS) is 14.5. The van der Waals surface area contributed by atoms with Gasteiger partial charge in [0, 0.05) is 42.4 Å². The molecule has 0 unspecified atom stereocenters. The van der Waals surface area contributed by atoms with Crippen LogP contribution in [-0.4, -0.2) is 43.1 Å². The summed E-state index contributed by atoms with van der Waals surface area (Å²) in [6, 6.07) is 6.90. The molecule has 0 bridgehead atoms. The molecule has 0 saturated carbocycles. The van der Waals surface area contributed by atoms with Gasteiger partial charge < -0.3 is 19.7 Å². The van der Waals surface area contributed by atoms with Gasteiger partial charge in [0.1, 0.15) is 29.0 Å². The zero-order chi connectivity index (χ0) is 30.7. The van der Waals surface area contributed by atoms with E-state index in [1.807, 2.05) is 0 Å². The Morgan fingerprint density at radius 1 is 1.00 bits per heavy atom. The molecule has 222 valence electrons. The Labute approximate surface area is 243 Å². The maximum Gasteiger partial charge on any atom is 0.344 e. The molecule has 0 aliphatic carbocycles. The Morgan fingerprint density at radius 2 is 1.69 bits per heavy atom. The van der Waals surface area contributed by atoms with Gasteiger partial charge in [0.05, 0.1) is 29.9 Å². The zero-order valence-electron chi connectivity index (χ0n) is 22.8. The maximum atomic E-state index is 15.0. The lowest BCUT2D eigenvalue weighted by Gasteiger charge is -2.40. The molecule has 3 aromatic carbocycles. The van der Waals surface area contributed by atoms with E-state index < -0.39 is 65.9 Å². The minimum atomic E-state index is -1.15. The average molecular weight is 608 g/mol. The van der Waals surface area contributed by atoms with Crippen LogP contribution in [-0.2, 0) is 22.6 Å². The number of nitrogens with one attached hydrogen (secondary N) is 1. The fourth-order valence-corrected chi connectivity index (χ4v) is 4.70. The van der Waals surface area contributed by atoms with Crippen molar-refractivity contribution < 1.29 is 41.4 Å². The Morgan fingerprint density at radius 3 is 2.36 bits per heavy atom. The fraction of sp³-hybridized carbons (Fsp3) is 0.276. The summed E-state index contributed by atoms with van der Waals surface area (Å²) < 4.78 is 66.5. The van der Waals surface area contributed by atoms with Gasteiger partial charge in [-0.15, -0.1) is 0 Å². The highest BCUT2D eigenvalue weighted by molar-refractivity contribution is 6.33. The summed E-state index contributed by atoms with van der Waals surface area (Å²) in [6.45, 7) is 2.16. The van der Waals surface area contributed by atoms with Crippen LogP contribution in [0.15, 0.2) is 42.5 Å². The molecule has 0 aromatic heterocycles. The molecule has 0 radical (unpaired) electrons. The summed E-state index contributed by atoms with van der Waals surface area (Å²) in [6.07, 6.45) is 0. The van der Waals surface area contributed by atoms with Crippen LogP contribution in [0.25, 0.3) is 0 Å². The van der Waals surface area contributed by atoms with E-state index in [2.05, 4.69) is 5.32 Å². The van der Waals surface area contributed by atoms with Gasteiger partial charge in [0.15, 0.2) is 6.61 Å². The number of carbonyl (C=O) groups excluding carboxylic acids is 3. The molecule has 1 aliphatic rings. The van der Waals surface area contributed by atoms with Crippen molar-refractivity contribution in [3.63, 3.8) is 0 Å². The van der Waals surface area contributed by atoms with Crippen LogP contribution >= 0.6 is 11.6 Å². The zero-order valence-corrected chi connectivity index (χ0v) is 23.5. The third-order valence-corrected chi connectivity index (χ3v) is 7.21. The van der Waals surface area contributed by atoms with Crippen LogP contribution in [0.2, 0.25) is 5.02 Å². The smallest absolute Gasteiger partial charge is 0.344 e. The molecule has 1 atom stereocenters. The van der Waals surface area contributed by atoms with Crippen molar-refractivity contribution in [1.29, 1.82) is 0 Å². The van der Waals surface area contributed by atoms with Crippen LogP contribution in [0.1, 0.15) is 46.9 Å². The number of ether oxygens (including phenoxy) is 2. The number of rotatable bonds is 9. The van der Waals surface area contributed by atoms with Gasteiger partial charge in [-0.05, 0) is 43.7 Å². The minimum Gasteiger partial charge on any atom is -0.480 e. The van der Waals surface area contributed by atoms with Crippen molar-refractivity contribution in [2.45, 2.75) is 33.0 Å². The third kappa shape index (κ3) is 6.28. The minimum absolute atomic E-state index is 0.000843. The number of benzene rings is 3. The number of urea groups is 1. The van der Waals surface area contributed by atoms with Crippen molar-refractivity contribution in [3.05, 3.63) is 93.0 Å². The monoisotopic (exact) mass is 607 g/mol. The lowest BCUT2D eigenvalue weighted by Crippen LogP contribution is -2.46. The number of hydrogen-bond acceptors (Lipinski definition) is 5. The van der Waals surface area contributed by atoms with Crippen LogP contribution in [0.3, 0.4) is 0 Å². The van der Waals surface area contributed by atoms with Gasteiger partial charge in [-0.25, -0.2) is 27.2 Å². The molecule has 0 spiro atoms. The molecular weight excluding hydrogens is 582 g/mol. The molecular formula is C29H26ClF4N3O5. The molecule has 3 amide bonds. The van der Waals surface area contributed by atoms with Gasteiger partial charge in [0.2, 0.25) is 0 Å². The second-order valence-corrected chi connectivity index (χ2v) is 9.77. The van der Waals surface area contributed by atoms with Gasteiger partial charge >= 0.3 is 12.0 Å². The van der Waals surface area contributed by atoms with E-state index in [-0.39, 0.29) is 40.7 Å². The molecule has 1 heterocycles. The molecule has 0 fully saturated rings. The van der Waals surface area contributed by atoms with E-state index in [4.69, 9.17) is 21.1 Å². The lowest BCUT2D eigenvalue weighted by molar-refractivity contribution is -0.145. The predicted octanol–water partition coefficient (Wildman–Crippen LogP) is 5.90. The quantitative estimate of drug-likeness (QED) is 0.242. The highest BCUT2D eigenvalue weighted by Crippen LogP contribution is 2.39. The highest BCUT2D eigenvalue weighted by Gasteiger charge is 2.35. The number of amides is 3. The number of fused-ring (bicyclic) bond motifs is 1. The highest BCUT2D eigenvalue weighted by atomic mass is 35.5. The molecule has 1 N–H and O–H groups in total. The summed E-state index contributed by atoms with van der Waals surface area (Å²) in [5, 5.41) is 2.23. The summed E-state index contributed by atoms with van der Waals surface area (Å²) >= 11 is 6.43. The van der Waals surface area contributed by atoms with Crippen LogP contribution < -0.4 is 15.0 Å². The Hall–Kier alpha value is -4.32. The average Bonchev–Trinajstić information content (AvgIpc) is 2.94. The van der Waals surface area contributed by atoms with Crippen molar-refractivity contribution in [2.75, 3.05) is 25.2 Å². The Kier molecular flexibility index (Phi) is 9.25. The summed E-state index contributed by atoms with van der Waals surface area (Å²) in [5.74, 6) is -5.51. The van der Waals surface area contributed by atoms with Crippen molar-refractivity contribution >= 4 is 35.2 Å². The Balaban J connectivity index is 1.63. The van der Waals surface area contributed by atoms with Crippen molar-refractivity contribution in [2.24, 2.45) is 0 Å². The molecule has 8 nitrogen and oxygen atoms in total. The molecule has 42 heavy (non-hydrogen) atoms. The number of nitrogens with zero attached hydrogens (tertiary/aromatic N) is 2. The predicted molar refractivity (Wildman–Crippen MR) is 145 cm³/mol.